The Labute approximate surface area is 92.7 Å². The van der Waals surface area contributed by atoms with Crippen LogP contribution in [0.25, 0.3) is 0 Å². The third-order valence-electron chi connectivity index (χ3n) is 2.43. The van der Waals surface area contributed by atoms with Crippen molar-refractivity contribution in [3.63, 3.8) is 0 Å². The summed E-state index contributed by atoms with van der Waals surface area (Å²) in [7, 11) is -2.35. The predicted octanol–water partition coefficient (Wildman–Crippen LogP) is 3.03. The van der Waals surface area contributed by atoms with Crippen LogP contribution >= 0.6 is 0 Å². The maximum Gasteiger partial charge on any atom is 0.0415 e. The van der Waals surface area contributed by atoms with Gasteiger partial charge in [0.15, 0.2) is 0 Å². The van der Waals surface area contributed by atoms with Crippen molar-refractivity contribution in [1.82, 2.24) is 0 Å². The van der Waals surface area contributed by atoms with Crippen molar-refractivity contribution in [2.45, 2.75) is 26.2 Å². The van der Waals surface area contributed by atoms with E-state index in [-0.39, 0.29) is 0 Å². The molecule has 1 aromatic rings. The van der Waals surface area contributed by atoms with E-state index in [2.05, 4.69) is 38.1 Å². The Balaban J connectivity index is 2.65. The highest BCUT2D eigenvalue weighted by molar-refractivity contribution is 7.91. The second-order valence-electron chi connectivity index (χ2n) is 4.36. The zero-order valence-corrected chi connectivity index (χ0v) is 10.4. The van der Waals surface area contributed by atoms with Gasteiger partial charge in [-0.15, -0.1) is 0 Å². The number of aryl methyl sites for hydroxylation is 1. The number of benzene rings is 1. The maximum absolute atomic E-state index is 11.2. The zero-order valence-electron chi connectivity index (χ0n) is 9.62. The summed E-state index contributed by atoms with van der Waals surface area (Å²) in [5.41, 5.74) is 2.49. The maximum atomic E-state index is 11.2. The second-order valence-corrected chi connectivity index (χ2v) is 6.77. The molecule has 0 fully saturated rings. The van der Waals surface area contributed by atoms with Crippen molar-refractivity contribution in [2.24, 2.45) is 0 Å². The lowest BCUT2D eigenvalue weighted by molar-refractivity contribution is 0.678. The lowest BCUT2D eigenvalue weighted by Crippen LogP contribution is -2.04. The van der Waals surface area contributed by atoms with Crippen LogP contribution in [0.5, 0.6) is 0 Å². The Morgan fingerprint density at radius 1 is 1.27 bits per heavy atom. The van der Waals surface area contributed by atoms with Gasteiger partial charge in [0.25, 0.3) is 0 Å². The van der Waals surface area contributed by atoms with E-state index in [0.29, 0.717) is 11.7 Å². The van der Waals surface area contributed by atoms with Crippen LogP contribution < -0.4 is 0 Å². The molecule has 1 rings (SSSR count). The summed E-state index contributed by atoms with van der Waals surface area (Å²) in [4.78, 5) is 0. The zero-order chi connectivity index (χ0) is 11.5. The van der Waals surface area contributed by atoms with Crippen molar-refractivity contribution in [2.75, 3.05) is 12.0 Å². The van der Waals surface area contributed by atoms with E-state index in [0.717, 1.165) is 6.42 Å². The molecule has 0 aromatic heterocycles. The van der Waals surface area contributed by atoms with Crippen LogP contribution in [0.2, 0.25) is 0 Å². The number of hydrogen-bond donors (Lipinski definition) is 1. The van der Waals surface area contributed by atoms with Crippen molar-refractivity contribution in [3.05, 3.63) is 35.4 Å². The molecule has 1 N–H and O–H groups in total. The predicted molar refractivity (Wildman–Crippen MR) is 65.9 cm³/mol. The molecule has 0 aliphatic carbocycles. The van der Waals surface area contributed by atoms with Crippen LogP contribution in [0.1, 0.15) is 30.9 Å². The average Bonchev–Trinajstić information content (AvgIpc) is 2.14. The molecule has 3 heteroatoms. The number of hydrogen-bond acceptors (Lipinski definition) is 2. The van der Waals surface area contributed by atoms with E-state index in [9.17, 15) is 4.21 Å². The van der Waals surface area contributed by atoms with Crippen LogP contribution in [0.4, 0.5) is 0 Å². The lowest BCUT2D eigenvalue weighted by Gasteiger charge is -2.06. The third-order valence-corrected chi connectivity index (χ3v) is 3.41. The molecule has 2 nitrogen and oxygen atoms in total. The van der Waals surface area contributed by atoms with Gasteiger partial charge in [-0.2, -0.15) is 0 Å². The van der Waals surface area contributed by atoms with Gasteiger partial charge < -0.3 is 0 Å². The Hall–Kier alpha value is -0.830. The molecular formula is C12H19NOS. The first-order chi connectivity index (χ1) is 6.88. The Morgan fingerprint density at radius 3 is 2.20 bits per heavy atom. The molecule has 0 aliphatic rings. The fourth-order valence-electron chi connectivity index (χ4n) is 1.38. The molecule has 0 bridgehead atoms. The quantitative estimate of drug-likeness (QED) is 0.840. The molecule has 0 saturated heterocycles. The average molecular weight is 225 g/mol. The molecule has 1 aromatic carbocycles. The summed E-state index contributed by atoms with van der Waals surface area (Å²) in [5, 5.41) is 0. The SMILES string of the molecule is CC(C)c1ccc(CCS(C)(=N)=O)cc1. The first kappa shape index (κ1) is 12.2. The molecule has 0 spiro atoms. The molecule has 1 atom stereocenters. The van der Waals surface area contributed by atoms with E-state index in [4.69, 9.17) is 4.78 Å². The normalized spacial score (nSPS) is 15.2. The highest BCUT2D eigenvalue weighted by Gasteiger charge is 2.01. The Bertz CT molecular complexity index is 404. The van der Waals surface area contributed by atoms with Gasteiger partial charge in [-0.1, -0.05) is 38.1 Å². The molecule has 15 heavy (non-hydrogen) atoms. The topological polar surface area (TPSA) is 40.9 Å². The fraction of sp³-hybridized carbons (Fsp3) is 0.500. The number of rotatable bonds is 4. The van der Waals surface area contributed by atoms with Gasteiger partial charge in [0.1, 0.15) is 0 Å². The van der Waals surface area contributed by atoms with Crippen LogP contribution in [0, 0.1) is 4.78 Å². The fourth-order valence-corrected chi connectivity index (χ4v) is 2.01. The van der Waals surface area contributed by atoms with Gasteiger partial charge in [0, 0.05) is 21.7 Å². The lowest BCUT2D eigenvalue weighted by atomic mass is 10.0. The van der Waals surface area contributed by atoms with Crippen molar-refractivity contribution < 1.29 is 4.21 Å². The smallest absolute Gasteiger partial charge is 0.0415 e. The van der Waals surface area contributed by atoms with Crippen LogP contribution in [0.3, 0.4) is 0 Å². The van der Waals surface area contributed by atoms with E-state index >= 15 is 0 Å². The largest absolute Gasteiger partial charge is 0.253 e. The molecule has 0 aliphatic heterocycles. The molecule has 1 unspecified atom stereocenters. The molecule has 0 saturated carbocycles. The highest BCUT2D eigenvalue weighted by Crippen LogP contribution is 2.15. The summed E-state index contributed by atoms with van der Waals surface area (Å²) < 4.78 is 18.5. The molecule has 0 amide bonds. The summed E-state index contributed by atoms with van der Waals surface area (Å²) in [5.74, 6) is 0.999. The number of nitrogens with one attached hydrogen (secondary N) is 1. The van der Waals surface area contributed by atoms with Crippen molar-refractivity contribution in [1.29, 1.82) is 4.78 Å². The van der Waals surface area contributed by atoms with Crippen molar-refractivity contribution in [3.8, 4) is 0 Å². The first-order valence-corrected chi connectivity index (χ1v) is 7.32. The molecule has 0 heterocycles. The van der Waals surface area contributed by atoms with Crippen LogP contribution in [-0.4, -0.2) is 16.2 Å². The highest BCUT2D eigenvalue weighted by atomic mass is 32.2. The molecule has 0 radical (unpaired) electrons. The van der Waals surface area contributed by atoms with E-state index in [1.165, 1.54) is 17.4 Å². The minimum atomic E-state index is -2.35. The van der Waals surface area contributed by atoms with Crippen LogP contribution in [-0.2, 0) is 16.1 Å². The second kappa shape index (κ2) is 4.79. The summed E-state index contributed by atoms with van der Waals surface area (Å²) >= 11 is 0. The van der Waals surface area contributed by atoms with Gasteiger partial charge in [0.05, 0.1) is 0 Å². The van der Waals surface area contributed by atoms with Crippen LogP contribution in [0.15, 0.2) is 24.3 Å². The van der Waals surface area contributed by atoms with Gasteiger partial charge in [-0.05, 0) is 23.5 Å². The Morgan fingerprint density at radius 2 is 1.80 bits per heavy atom. The van der Waals surface area contributed by atoms with Crippen molar-refractivity contribution >= 4 is 9.73 Å². The Kier molecular flexibility index (Phi) is 3.91. The van der Waals surface area contributed by atoms with E-state index in [1.54, 1.807) is 0 Å². The summed E-state index contributed by atoms with van der Waals surface area (Å²) in [6.45, 7) is 4.33. The van der Waals surface area contributed by atoms with E-state index in [1.807, 2.05) is 0 Å². The minimum Gasteiger partial charge on any atom is -0.253 e. The standard InChI is InChI=1S/C12H19NOS/c1-10(2)12-6-4-11(5-7-12)8-9-15(3,13)14/h4-7,10,13H,8-9H2,1-3H3. The van der Waals surface area contributed by atoms with Gasteiger partial charge in [0.2, 0.25) is 0 Å². The van der Waals surface area contributed by atoms with E-state index < -0.39 is 9.73 Å². The molecular weight excluding hydrogens is 206 g/mol. The molecule has 84 valence electrons. The monoisotopic (exact) mass is 225 g/mol. The third kappa shape index (κ3) is 4.47. The van der Waals surface area contributed by atoms with Gasteiger partial charge in [-0.3, -0.25) is 8.99 Å². The first-order valence-electron chi connectivity index (χ1n) is 5.19. The summed E-state index contributed by atoms with van der Waals surface area (Å²) in [6, 6.07) is 8.36. The van der Waals surface area contributed by atoms with Gasteiger partial charge in [-0.25, -0.2) is 0 Å². The van der Waals surface area contributed by atoms with Gasteiger partial charge >= 0.3 is 0 Å². The summed E-state index contributed by atoms with van der Waals surface area (Å²) in [6.07, 6.45) is 2.23. The minimum absolute atomic E-state index is 0.452.